The van der Waals surface area contributed by atoms with Crippen LogP contribution in [-0.4, -0.2) is 12.6 Å². The fourth-order valence-electron chi connectivity index (χ4n) is 8.77. The van der Waals surface area contributed by atoms with Gasteiger partial charge in [-0.05, 0) is 91.8 Å². The van der Waals surface area contributed by atoms with E-state index in [-0.39, 0.29) is 11.9 Å². The molecule has 0 aromatic carbocycles. The van der Waals surface area contributed by atoms with E-state index in [2.05, 4.69) is 12.2 Å². The molecule has 0 heterocycles. The lowest BCUT2D eigenvalue weighted by Gasteiger charge is -2.45. The van der Waals surface area contributed by atoms with Crippen LogP contribution < -0.4 is 0 Å². The predicted octanol–water partition coefficient (Wildman–Crippen LogP) is 3.53. The van der Waals surface area contributed by atoms with E-state index in [0.717, 1.165) is 59.7 Å². The number of rotatable bonds is 2. The Hall–Kier alpha value is -0.790. The molecule has 22 heavy (non-hydrogen) atoms. The van der Waals surface area contributed by atoms with Crippen molar-refractivity contribution < 1.29 is 9.53 Å². The Balaban J connectivity index is 1.33. The van der Waals surface area contributed by atoms with Gasteiger partial charge in [-0.25, -0.2) is 0 Å². The highest BCUT2D eigenvalue weighted by molar-refractivity contribution is 5.73. The van der Waals surface area contributed by atoms with Gasteiger partial charge in [0.05, 0.1) is 12.5 Å². The summed E-state index contributed by atoms with van der Waals surface area (Å²) in [5.74, 6) is 9.56. The molecule has 6 aliphatic carbocycles. The zero-order chi connectivity index (χ0) is 14.6. The van der Waals surface area contributed by atoms with Gasteiger partial charge in [-0.15, -0.1) is 0 Å². The van der Waals surface area contributed by atoms with Crippen molar-refractivity contribution in [2.45, 2.75) is 32.6 Å². The largest absolute Gasteiger partial charge is 0.466 e. The maximum absolute atomic E-state index is 12.4. The van der Waals surface area contributed by atoms with E-state index in [4.69, 9.17) is 4.74 Å². The SMILES string of the molecule is CCOC(=O)C1CC2CC1C1C3CC(C4C5C=CC(C5)C34)C21. The van der Waals surface area contributed by atoms with E-state index >= 15 is 0 Å². The Morgan fingerprint density at radius 3 is 2.36 bits per heavy atom. The van der Waals surface area contributed by atoms with Gasteiger partial charge in [0.2, 0.25) is 0 Å². The van der Waals surface area contributed by atoms with Gasteiger partial charge in [-0.3, -0.25) is 4.79 Å². The summed E-state index contributed by atoms with van der Waals surface area (Å²) in [6, 6.07) is 0. The van der Waals surface area contributed by atoms with Crippen molar-refractivity contribution >= 4 is 5.97 Å². The third kappa shape index (κ3) is 1.26. The molecule has 6 aliphatic rings. The number of carbonyl (C=O) groups is 1. The molecule has 0 aliphatic heterocycles. The summed E-state index contributed by atoms with van der Waals surface area (Å²) in [6.45, 7) is 2.49. The Kier molecular flexibility index (Phi) is 2.29. The monoisotopic (exact) mass is 298 g/mol. The highest BCUT2D eigenvalue weighted by Gasteiger charge is 2.71. The third-order valence-electron chi connectivity index (χ3n) is 8.83. The molecule has 0 radical (unpaired) electrons. The van der Waals surface area contributed by atoms with E-state index in [1.807, 2.05) is 6.92 Å². The highest BCUT2D eigenvalue weighted by atomic mass is 16.5. The maximum Gasteiger partial charge on any atom is 0.309 e. The lowest BCUT2D eigenvalue weighted by molar-refractivity contribution is -0.152. The van der Waals surface area contributed by atoms with Crippen molar-refractivity contribution in [3.63, 3.8) is 0 Å². The lowest BCUT2D eigenvalue weighted by atomic mass is 9.59. The van der Waals surface area contributed by atoms with Gasteiger partial charge in [-0.2, -0.15) is 0 Å². The Labute approximate surface area is 132 Å². The van der Waals surface area contributed by atoms with Gasteiger partial charge in [-0.1, -0.05) is 12.2 Å². The van der Waals surface area contributed by atoms with Crippen LogP contribution in [0.1, 0.15) is 32.6 Å². The molecule has 0 saturated heterocycles. The summed E-state index contributed by atoms with van der Waals surface area (Å²) in [6.07, 6.45) is 10.5. The van der Waals surface area contributed by atoms with Crippen molar-refractivity contribution in [3.05, 3.63) is 12.2 Å². The normalized spacial score (nSPS) is 61.8. The molecule has 0 aromatic rings. The first-order chi connectivity index (χ1) is 10.8. The van der Waals surface area contributed by atoms with Gasteiger partial charge in [0, 0.05) is 0 Å². The fraction of sp³-hybridized carbons (Fsp3) is 0.850. The molecule has 0 aromatic heterocycles. The molecule has 0 N–H and O–H groups in total. The average molecular weight is 298 g/mol. The molecule has 6 bridgehead atoms. The van der Waals surface area contributed by atoms with Crippen LogP contribution in [0.5, 0.6) is 0 Å². The smallest absolute Gasteiger partial charge is 0.309 e. The summed E-state index contributed by atoms with van der Waals surface area (Å²) in [5.41, 5.74) is 0. The third-order valence-corrected chi connectivity index (χ3v) is 8.83. The van der Waals surface area contributed by atoms with Crippen molar-refractivity contribution in [1.29, 1.82) is 0 Å². The van der Waals surface area contributed by atoms with Crippen molar-refractivity contribution in [1.82, 2.24) is 0 Å². The van der Waals surface area contributed by atoms with E-state index < -0.39 is 0 Å². The van der Waals surface area contributed by atoms with E-state index in [9.17, 15) is 4.79 Å². The van der Waals surface area contributed by atoms with E-state index in [0.29, 0.717) is 12.5 Å². The number of hydrogen-bond acceptors (Lipinski definition) is 2. The van der Waals surface area contributed by atoms with Crippen LogP contribution in [0.25, 0.3) is 0 Å². The van der Waals surface area contributed by atoms with E-state index in [1.54, 1.807) is 0 Å². The van der Waals surface area contributed by atoms with Crippen LogP contribution in [-0.2, 0) is 9.53 Å². The van der Waals surface area contributed by atoms with Crippen LogP contribution in [0.3, 0.4) is 0 Å². The summed E-state index contributed by atoms with van der Waals surface area (Å²) in [4.78, 5) is 12.4. The van der Waals surface area contributed by atoms with Gasteiger partial charge in [0.25, 0.3) is 0 Å². The quantitative estimate of drug-likeness (QED) is 0.443. The van der Waals surface area contributed by atoms with Crippen LogP contribution in [0.2, 0.25) is 0 Å². The van der Waals surface area contributed by atoms with Gasteiger partial charge in [0.15, 0.2) is 0 Å². The minimum absolute atomic E-state index is 0.126. The molecule has 6 rings (SSSR count). The summed E-state index contributed by atoms with van der Waals surface area (Å²) in [7, 11) is 0. The van der Waals surface area contributed by atoms with Gasteiger partial charge in [0.1, 0.15) is 0 Å². The molecular weight excluding hydrogens is 272 g/mol. The molecule has 2 heteroatoms. The average Bonchev–Trinajstić information content (AvgIpc) is 3.31. The Bertz CT molecular complexity index is 566. The lowest BCUT2D eigenvalue weighted by Crippen LogP contribution is -2.43. The molecule has 118 valence electrons. The summed E-state index contributed by atoms with van der Waals surface area (Å²) < 4.78 is 5.39. The number of hydrogen-bond donors (Lipinski definition) is 0. The minimum atomic E-state index is 0.126. The number of ether oxygens (including phenoxy) is 1. The van der Waals surface area contributed by atoms with Crippen molar-refractivity contribution in [2.75, 3.05) is 6.61 Å². The molecule has 11 unspecified atom stereocenters. The molecular formula is C20H26O2. The predicted molar refractivity (Wildman–Crippen MR) is 82.6 cm³/mol. The van der Waals surface area contributed by atoms with Gasteiger partial charge < -0.3 is 4.74 Å². The van der Waals surface area contributed by atoms with Crippen molar-refractivity contribution in [3.8, 4) is 0 Å². The Morgan fingerprint density at radius 1 is 0.909 bits per heavy atom. The summed E-state index contributed by atoms with van der Waals surface area (Å²) in [5, 5.41) is 0. The number of allylic oxidation sites excluding steroid dienone is 2. The van der Waals surface area contributed by atoms with Crippen LogP contribution >= 0.6 is 0 Å². The molecule has 5 fully saturated rings. The maximum atomic E-state index is 12.4. The Morgan fingerprint density at radius 2 is 1.64 bits per heavy atom. The van der Waals surface area contributed by atoms with Crippen LogP contribution in [0, 0.1) is 65.1 Å². The molecule has 0 spiro atoms. The fourth-order valence-corrected chi connectivity index (χ4v) is 8.77. The first kappa shape index (κ1) is 12.6. The molecule has 0 amide bonds. The molecule has 2 nitrogen and oxygen atoms in total. The van der Waals surface area contributed by atoms with E-state index in [1.165, 1.54) is 19.3 Å². The second-order valence-electron chi connectivity index (χ2n) is 9.08. The van der Waals surface area contributed by atoms with Crippen molar-refractivity contribution in [2.24, 2.45) is 65.1 Å². The summed E-state index contributed by atoms with van der Waals surface area (Å²) >= 11 is 0. The standard InChI is InChI=1S/C20H26O2/c1-2-22-20(21)13-7-11-6-12(13)19-15-8-14(18(11)19)16-9-3-4-10(5-9)17(15)16/h3-4,9-19H,2,5-8H2,1H3. The van der Waals surface area contributed by atoms with Crippen LogP contribution in [0.4, 0.5) is 0 Å². The molecule has 11 atom stereocenters. The zero-order valence-electron chi connectivity index (χ0n) is 13.4. The second-order valence-corrected chi connectivity index (χ2v) is 9.08. The topological polar surface area (TPSA) is 26.3 Å². The second kappa shape index (κ2) is 3.99. The number of esters is 1. The minimum Gasteiger partial charge on any atom is -0.466 e. The zero-order valence-corrected chi connectivity index (χ0v) is 13.4. The highest BCUT2D eigenvalue weighted by Crippen LogP contribution is 2.76. The van der Waals surface area contributed by atoms with Gasteiger partial charge >= 0.3 is 5.97 Å². The van der Waals surface area contributed by atoms with Crippen LogP contribution in [0.15, 0.2) is 12.2 Å². The number of carbonyl (C=O) groups excluding carboxylic acids is 1. The number of fused-ring (bicyclic) bond motifs is 16. The first-order valence-electron chi connectivity index (χ1n) is 9.63. The molecule has 5 saturated carbocycles. The first-order valence-corrected chi connectivity index (χ1v) is 9.63.